The summed E-state index contributed by atoms with van der Waals surface area (Å²) in [5.74, 6) is -0.657. The Morgan fingerprint density at radius 3 is 2.80 bits per heavy atom. The van der Waals surface area contributed by atoms with Crippen molar-refractivity contribution in [1.82, 2.24) is 10.2 Å². The molecule has 0 fully saturated rings. The van der Waals surface area contributed by atoms with Crippen molar-refractivity contribution in [2.45, 2.75) is 13.5 Å². The molecule has 2 aromatic rings. The van der Waals surface area contributed by atoms with E-state index in [-0.39, 0.29) is 18.2 Å². The van der Waals surface area contributed by atoms with Gasteiger partial charge in [-0.15, -0.1) is 10.2 Å². The van der Waals surface area contributed by atoms with Gasteiger partial charge in [0.25, 0.3) is 11.6 Å². The minimum absolute atomic E-state index is 0.0578. The number of aryl methyl sites for hydroxylation is 1. The maximum atomic E-state index is 11.0. The molecular formula is C11H9N3O6. The van der Waals surface area contributed by atoms with Crippen LogP contribution in [0.15, 0.2) is 22.6 Å². The van der Waals surface area contributed by atoms with Gasteiger partial charge in [-0.3, -0.25) is 10.1 Å². The van der Waals surface area contributed by atoms with Gasteiger partial charge in [0.1, 0.15) is 11.3 Å². The average molecular weight is 279 g/mol. The summed E-state index contributed by atoms with van der Waals surface area (Å²) in [5, 5.41) is 26.9. The number of benzene rings is 1. The third-order valence-corrected chi connectivity index (χ3v) is 2.33. The van der Waals surface area contributed by atoms with Gasteiger partial charge >= 0.3 is 5.97 Å². The van der Waals surface area contributed by atoms with E-state index in [1.165, 1.54) is 6.07 Å². The topological polar surface area (TPSA) is 129 Å². The molecule has 0 saturated heterocycles. The summed E-state index contributed by atoms with van der Waals surface area (Å²) < 4.78 is 10.3. The molecule has 0 aliphatic carbocycles. The number of carboxylic acid groups (broad SMARTS) is 1. The molecule has 0 radical (unpaired) electrons. The number of aromatic carboxylic acids is 1. The van der Waals surface area contributed by atoms with Crippen molar-refractivity contribution in [3.63, 3.8) is 0 Å². The van der Waals surface area contributed by atoms with Gasteiger partial charge in [-0.25, -0.2) is 4.79 Å². The Balaban J connectivity index is 2.18. The van der Waals surface area contributed by atoms with Crippen LogP contribution in [0.5, 0.6) is 5.75 Å². The molecule has 1 heterocycles. The molecule has 2 rings (SSSR count). The highest BCUT2D eigenvalue weighted by Gasteiger charge is 2.20. The van der Waals surface area contributed by atoms with E-state index in [0.717, 1.165) is 12.1 Å². The molecule has 0 aliphatic rings. The number of nitro groups is 1. The Bertz CT molecular complexity index is 666. The van der Waals surface area contributed by atoms with Gasteiger partial charge in [-0.2, -0.15) is 0 Å². The van der Waals surface area contributed by atoms with Crippen LogP contribution < -0.4 is 4.74 Å². The smallest absolute Gasteiger partial charge is 0.342 e. The molecule has 20 heavy (non-hydrogen) atoms. The molecule has 9 nitrogen and oxygen atoms in total. The molecule has 1 aromatic heterocycles. The van der Waals surface area contributed by atoms with Crippen molar-refractivity contribution in [3.05, 3.63) is 45.7 Å². The van der Waals surface area contributed by atoms with E-state index >= 15 is 0 Å². The van der Waals surface area contributed by atoms with Crippen LogP contribution in [0.1, 0.15) is 22.1 Å². The molecule has 0 spiro atoms. The highest BCUT2D eigenvalue weighted by atomic mass is 16.6. The third kappa shape index (κ3) is 2.88. The summed E-state index contributed by atoms with van der Waals surface area (Å²) >= 11 is 0. The fraction of sp³-hybridized carbons (Fsp3) is 0.182. The summed E-state index contributed by atoms with van der Waals surface area (Å²) in [5.41, 5.74) is -0.951. The van der Waals surface area contributed by atoms with Crippen LogP contribution in [-0.2, 0) is 6.61 Å². The lowest BCUT2D eigenvalue weighted by Crippen LogP contribution is -2.04. The largest absolute Gasteiger partial charge is 0.484 e. The lowest BCUT2D eigenvalue weighted by molar-refractivity contribution is -0.385. The molecule has 0 unspecified atom stereocenters. The van der Waals surface area contributed by atoms with Gasteiger partial charge < -0.3 is 14.3 Å². The molecule has 104 valence electrons. The second-order valence-electron chi connectivity index (χ2n) is 3.74. The standard InChI is InChI=1S/C11H9N3O6/c1-6-12-13-10(20-6)5-19-7-2-3-9(14(17)18)8(4-7)11(15)16/h2-4H,5H2,1H3,(H,15,16). The summed E-state index contributed by atoms with van der Waals surface area (Å²) in [6, 6.07) is 3.44. The zero-order chi connectivity index (χ0) is 14.7. The van der Waals surface area contributed by atoms with Crippen LogP contribution in [0.2, 0.25) is 0 Å². The van der Waals surface area contributed by atoms with Crippen LogP contribution in [0.25, 0.3) is 0 Å². The van der Waals surface area contributed by atoms with E-state index in [1.807, 2.05) is 0 Å². The van der Waals surface area contributed by atoms with E-state index in [4.69, 9.17) is 14.3 Å². The van der Waals surface area contributed by atoms with Gasteiger partial charge in [0.2, 0.25) is 5.89 Å². The van der Waals surface area contributed by atoms with Crippen LogP contribution in [0, 0.1) is 17.0 Å². The highest BCUT2D eigenvalue weighted by molar-refractivity contribution is 5.92. The van der Waals surface area contributed by atoms with E-state index in [2.05, 4.69) is 10.2 Å². The molecule has 0 saturated carbocycles. The molecule has 1 N–H and O–H groups in total. The number of nitrogens with zero attached hydrogens (tertiary/aromatic N) is 3. The molecule has 9 heteroatoms. The molecule has 1 aromatic carbocycles. The monoisotopic (exact) mass is 279 g/mol. The van der Waals surface area contributed by atoms with Crippen molar-refractivity contribution in [2.24, 2.45) is 0 Å². The average Bonchev–Trinajstić information content (AvgIpc) is 2.81. The zero-order valence-corrected chi connectivity index (χ0v) is 10.3. The van der Waals surface area contributed by atoms with Crippen molar-refractivity contribution in [1.29, 1.82) is 0 Å². The van der Waals surface area contributed by atoms with Crippen molar-refractivity contribution in [2.75, 3.05) is 0 Å². The highest BCUT2D eigenvalue weighted by Crippen LogP contribution is 2.24. The van der Waals surface area contributed by atoms with Crippen LogP contribution in [0.3, 0.4) is 0 Å². The quantitative estimate of drug-likeness (QED) is 0.644. The Hall–Kier alpha value is -2.97. The number of ether oxygens (including phenoxy) is 1. The van der Waals surface area contributed by atoms with Crippen LogP contribution in [-0.4, -0.2) is 26.2 Å². The van der Waals surface area contributed by atoms with Crippen LogP contribution >= 0.6 is 0 Å². The fourth-order valence-corrected chi connectivity index (χ4v) is 1.48. The summed E-state index contributed by atoms with van der Waals surface area (Å²) in [4.78, 5) is 20.9. The Labute approximate surface area is 112 Å². The first kappa shape index (κ1) is 13.5. The lowest BCUT2D eigenvalue weighted by atomic mass is 10.1. The number of carbonyl (C=O) groups is 1. The van der Waals surface area contributed by atoms with Crippen molar-refractivity contribution in [3.8, 4) is 5.75 Å². The second-order valence-corrected chi connectivity index (χ2v) is 3.74. The number of aromatic nitrogens is 2. The fourth-order valence-electron chi connectivity index (χ4n) is 1.48. The first-order chi connectivity index (χ1) is 9.47. The Kier molecular flexibility index (Phi) is 3.60. The van der Waals surface area contributed by atoms with E-state index in [1.54, 1.807) is 6.92 Å². The number of hydrogen-bond acceptors (Lipinski definition) is 7. The molecule has 0 amide bonds. The minimum Gasteiger partial charge on any atom is -0.484 e. The second kappa shape index (κ2) is 5.34. The van der Waals surface area contributed by atoms with E-state index in [9.17, 15) is 14.9 Å². The van der Waals surface area contributed by atoms with Gasteiger partial charge in [-0.05, 0) is 6.07 Å². The first-order valence-corrected chi connectivity index (χ1v) is 5.41. The molecule has 0 atom stereocenters. The number of nitro benzene ring substituents is 1. The Morgan fingerprint density at radius 1 is 1.50 bits per heavy atom. The maximum Gasteiger partial charge on any atom is 0.342 e. The number of carboxylic acids is 1. The van der Waals surface area contributed by atoms with Gasteiger partial charge in [0.15, 0.2) is 6.61 Å². The number of hydrogen-bond donors (Lipinski definition) is 1. The molecular weight excluding hydrogens is 270 g/mol. The van der Waals surface area contributed by atoms with Gasteiger partial charge in [-0.1, -0.05) is 0 Å². The van der Waals surface area contributed by atoms with Crippen molar-refractivity contribution >= 4 is 11.7 Å². The predicted octanol–water partition coefficient (Wildman–Crippen LogP) is 1.56. The maximum absolute atomic E-state index is 11.0. The lowest BCUT2D eigenvalue weighted by Gasteiger charge is -2.04. The Morgan fingerprint density at radius 2 is 2.25 bits per heavy atom. The van der Waals surface area contributed by atoms with E-state index in [0.29, 0.717) is 5.89 Å². The normalized spacial score (nSPS) is 10.2. The van der Waals surface area contributed by atoms with Gasteiger partial charge in [0, 0.05) is 19.1 Å². The SMILES string of the molecule is Cc1nnc(COc2ccc([N+](=O)[O-])c(C(=O)O)c2)o1. The summed E-state index contributed by atoms with van der Waals surface area (Å²) in [6.07, 6.45) is 0. The summed E-state index contributed by atoms with van der Waals surface area (Å²) in [7, 11) is 0. The first-order valence-electron chi connectivity index (χ1n) is 5.41. The molecule has 0 aliphatic heterocycles. The van der Waals surface area contributed by atoms with Crippen molar-refractivity contribution < 1.29 is 24.0 Å². The third-order valence-electron chi connectivity index (χ3n) is 2.33. The van der Waals surface area contributed by atoms with Crippen LogP contribution in [0.4, 0.5) is 5.69 Å². The molecule has 0 bridgehead atoms. The zero-order valence-electron chi connectivity index (χ0n) is 10.3. The van der Waals surface area contributed by atoms with E-state index < -0.39 is 22.1 Å². The minimum atomic E-state index is -1.41. The predicted molar refractivity (Wildman–Crippen MR) is 63.4 cm³/mol. The number of rotatable bonds is 5. The summed E-state index contributed by atoms with van der Waals surface area (Å²) in [6.45, 7) is 1.56. The van der Waals surface area contributed by atoms with Gasteiger partial charge in [0.05, 0.1) is 4.92 Å².